The van der Waals surface area contributed by atoms with Crippen LogP contribution in [0.3, 0.4) is 0 Å². The number of nitrogens with zero attached hydrogens (tertiary/aromatic N) is 2. The smallest absolute Gasteiger partial charge is 0.202 e. The lowest BCUT2D eigenvalue weighted by atomic mass is 9.98. The Balaban J connectivity index is 2.02. The van der Waals surface area contributed by atoms with Crippen LogP contribution in [0.5, 0.6) is 11.6 Å². The molecule has 0 saturated carbocycles. The Morgan fingerprint density at radius 1 is 1.18 bits per heavy atom. The highest BCUT2D eigenvalue weighted by atomic mass is 16.5. The van der Waals surface area contributed by atoms with Gasteiger partial charge in [-0.2, -0.15) is 0 Å². The van der Waals surface area contributed by atoms with Crippen molar-refractivity contribution in [2.24, 2.45) is 0 Å². The highest BCUT2D eigenvalue weighted by Gasteiger charge is 2.18. The fraction of sp³-hybridized carbons (Fsp3) is 0.261. The normalized spacial score (nSPS) is 11.4. The van der Waals surface area contributed by atoms with Crippen LogP contribution < -0.4 is 10.5 Å². The molecule has 144 valence electrons. The second-order valence-electron chi connectivity index (χ2n) is 7.19. The van der Waals surface area contributed by atoms with Crippen LogP contribution in [-0.2, 0) is 6.54 Å². The van der Waals surface area contributed by atoms with Gasteiger partial charge in [-0.25, -0.2) is 4.98 Å². The van der Waals surface area contributed by atoms with Crippen molar-refractivity contribution in [3.8, 4) is 22.8 Å². The molecule has 2 heterocycles. The molecule has 0 aliphatic heterocycles. The number of para-hydroxylation sites is 1. The third-order valence-electron chi connectivity index (χ3n) is 5.26. The van der Waals surface area contributed by atoms with Crippen molar-refractivity contribution in [1.82, 2.24) is 9.55 Å². The van der Waals surface area contributed by atoms with Crippen molar-refractivity contribution in [2.75, 3.05) is 12.8 Å². The first-order chi connectivity index (χ1) is 13.5. The van der Waals surface area contributed by atoms with Crippen molar-refractivity contribution in [3.63, 3.8) is 0 Å². The van der Waals surface area contributed by atoms with E-state index in [0.29, 0.717) is 16.6 Å². The fourth-order valence-electron chi connectivity index (χ4n) is 3.76. The maximum absolute atomic E-state index is 10.7. The number of aromatic nitrogens is 2. The highest BCUT2D eigenvalue weighted by Crippen LogP contribution is 2.41. The summed E-state index contributed by atoms with van der Waals surface area (Å²) in [5.74, 6) is 0.982. The van der Waals surface area contributed by atoms with Gasteiger partial charge < -0.3 is 20.1 Å². The van der Waals surface area contributed by atoms with E-state index in [1.165, 1.54) is 0 Å². The molecule has 0 bridgehead atoms. The van der Waals surface area contributed by atoms with E-state index in [9.17, 15) is 5.11 Å². The van der Waals surface area contributed by atoms with Crippen LogP contribution in [0.4, 0.5) is 5.69 Å². The Bertz CT molecular complexity index is 1180. The Morgan fingerprint density at radius 3 is 2.75 bits per heavy atom. The molecule has 5 heteroatoms. The van der Waals surface area contributed by atoms with Crippen LogP contribution in [0, 0.1) is 6.92 Å². The van der Waals surface area contributed by atoms with Crippen molar-refractivity contribution in [3.05, 3.63) is 48.2 Å². The summed E-state index contributed by atoms with van der Waals surface area (Å²) in [6, 6.07) is 12.0. The number of aryl methyl sites for hydroxylation is 2. The number of anilines is 1. The monoisotopic (exact) mass is 375 g/mol. The molecule has 0 fully saturated rings. The summed E-state index contributed by atoms with van der Waals surface area (Å²) in [5.41, 5.74) is 11.7. The second kappa shape index (κ2) is 7.08. The summed E-state index contributed by atoms with van der Waals surface area (Å²) < 4.78 is 7.42. The molecular weight excluding hydrogens is 350 g/mol. The molecule has 0 amide bonds. The number of pyridine rings is 1. The molecule has 0 atom stereocenters. The maximum atomic E-state index is 10.7. The number of methoxy groups -OCH3 is 1. The zero-order chi connectivity index (χ0) is 19.8. The summed E-state index contributed by atoms with van der Waals surface area (Å²) in [5, 5.41) is 12.1. The Kier molecular flexibility index (Phi) is 4.59. The molecule has 3 N–H and O–H groups in total. The minimum atomic E-state index is 0.189. The number of rotatable bonds is 5. The van der Waals surface area contributed by atoms with E-state index >= 15 is 0 Å². The summed E-state index contributed by atoms with van der Waals surface area (Å²) in [7, 11) is 1.67. The SMILES string of the molecule is CCCCn1cc2nc3c(-c4cc(C)ccc4OC)cccc3c(N)c2c1O. The van der Waals surface area contributed by atoms with Gasteiger partial charge in [0, 0.05) is 29.3 Å². The van der Waals surface area contributed by atoms with Crippen LogP contribution in [0.2, 0.25) is 0 Å². The molecule has 28 heavy (non-hydrogen) atoms. The predicted molar refractivity (Wildman–Crippen MR) is 115 cm³/mol. The van der Waals surface area contributed by atoms with Crippen LogP contribution in [-0.4, -0.2) is 21.8 Å². The third-order valence-corrected chi connectivity index (χ3v) is 5.26. The minimum absolute atomic E-state index is 0.189. The van der Waals surface area contributed by atoms with Crippen LogP contribution >= 0.6 is 0 Å². The average molecular weight is 375 g/mol. The molecule has 0 spiro atoms. The lowest BCUT2D eigenvalue weighted by Crippen LogP contribution is -1.95. The molecule has 0 aliphatic rings. The zero-order valence-electron chi connectivity index (χ0n) is 16.5. The Labute approximate surface area is 164 Å². The third kappa shape index (κ3) is 2.83. The summed E-state index contributed by atoms with van der Waals surface area (Å²) in [6.45, 7) is 4.93. The molecule has 0 unspecified atom stereocenters. The standard InChI is InChI=1S/C23H25N3O2/c1-4-5-11-26-13-18-20(23(26)27)21(24)16-8-6-7-15(22(16)25-18)17-12-14(2)9-10-19(17)28-3/h6-10,12-13,27H,4-5,11,24H2,1-3H3. The quantitative estimate of drug-likeness (QED) is 0.499. The fourth-order valence-corrected chi connectivity index (χ4v) is 3.76. The van der Waals surface area contributed by atoms with Gasteiger partial charge in [0.1, 0.15) is 5.75 Å². The van der Waals surface area contributed by atoms with Gasteiger partial charge >= 0.3 is 0 Å². The molecule has 2 aromatic carbocycles. The number of hydrogen-bond donors (Lipinski definition) is 2. The number of unbranched alkanes of at least 4 members (excludes halogenated alkanes) is 1. The number of benzene rings is 2. The second-order valence-corrected chi connectivity index (χ2v) is 7.19. The average Bonchev–Trinajstić information content (AvgIpc) is 3.02. The van der Waals surface area contributed by atoms with Gasteiger partial charge in [0.25, 0.3) is 0 Å². The highest BCUT2D eigenvalue weighted by molar-refractivity contribution is 6.12. The molecule has 0 aliphatic carbocycles. The van der Waals surface area contributed by atoms with Crippen molar-refractivity contribution in [1.29, 1.82) is 0 Å². The first kappa shape index (κ1) is 18.2. The number of nitrogens with two attached hydrogens (primary N) is 1. The van der Waals surface area contributed by atoms with E-state index in [0.717, 1.165) is 52.7 Å². The zero-order valence-corrected chi connectivity index (χ0v) is 16.5. The molecule has 2 aromatic heterocycles. The molecule has 4 rings (SSSR count). The van der Waals surface area contributed by atoms with Crippen LogP contribution in [0.1, 0.15) is 25.3 Å². The Morgan fingerprint density at radius 2 is 2.00 bits per heavy atom. The lowest BCUT2D eigenvalue weighted by Gasteiger charge is -2.13. The first-order valence-corrected chi connectivity index (χ1v) is 9.60. The van der Waals surface area contributed by atoms with Crippen molar-refractivity contribution < 1.29 is 9.84 Å². The topological polar surface area (TPSA) is 73.3 Å². The van der Waals surface area contributed by atoms with Gasteiger partial charge in [-0.15, -0.1) is 0 Å². The van der Waals surface area contributed by atoms with Crippen molar-refractivity contribution in [2.45, 2.75) is 33.2 Å². The number of fused-ring (bicyclic) bond motifs is 2. The lowest BCUT2D eigenvalue weighted by molar-refractivity contribution is 0.416. The van der Waals surface area contributed by atoms with Crippen molar-refractivity contribution >= 4 is 27.5 Å². The van der Waals surface area contributed by atoms with Crippen LogP contribution in [0.15, 0.2) is 42.6 Å². The van der Waals surface area contributed by atoms with E-state index in [-0.39, 0.29) is 5.88 Å². The molecular formula is C23H25N3O2. The number of nitrogen functional groups attached to an aromatic ring is 1. The first-order valence-electron chi connectivity index (χ1n) is 9.60. The van der Waals surface area contributed by atoms with Gasteiger partial charge in [0.2, 0.25) is 5.88 Å². The van der Waals surface area contributed by atoms with Gasteiger partial charge in [-0.3, -0.25) is 0 Å². The van der Waals surface area contributed by atoms with E-state index in [4.69, 9.17) is 15.5 Å². The van der Waals surface area contributed by atoms with E-state index < -0.39 is 0 Å². The van der Waals surface area contributed by atoms with E-state index in [1.54, 1.807) is 7.11 Å². The van der Waals surface area contributed by atoms with Crippen LogP contribution in [0.25, 0.3) is 32.9 Å². The number of hydrogen-bond acceptors (Lipinski definition) is 4. The van der Waals surface area contributed by atoms with Gasteiger partial charge in [0.15, 0.2) is 0 Å². The molecule has 0 saturated heterocycles. The Hall–Kier alpha value is -3.21. The molecule has 5 nitrogen and oxygen atoms in total. The van der Waals surface area contributed by atoms with Gasteiger partial charge in [-0.05, 0) is 25.5 Å². The summed E-state index contributed by atoms with van der Waals surface area (Å²) in [6.07, 6.45) is 3.93. The summed E-state index contributed by atoms with van der Waals surface area (Å²) in [4.78, 5) is 4.89. The minimum Gasteiger partial charge on any atom is -0.496 e. The van der Waals surface area contributed by atoms with Gasteiger partial charge in [0.05, 0.1) is 29.2 Å². The number of ether oxygens (including phenoxy) is 1. The largest absolute Gasteiger partial charge is 0.496 e. The van der Waals surface area contributed by atoms with Gasteiger partial charge in [-0.1, -0.05) is 43.2 Å². The summed E-state index contributed by atoms with van der Waals surface area (Å²) >= 11 is 0. The number of aromatic hydroxyl groups is 1. The molecule has 0 radical (unpaired) electrons. The maximum Gasteiger partial charge on any atom is 0.202 e. The van der Waals surface area contributed by atoms with E-state index in [1.807, 2.05) is 41.1 Å². The predicted octanol–water partition coefficient (Wildman–Crippen LogP) is 5.26. The molecule has 4 aromatic rings. The van der Waals surface area contributed by atoms with E-state index in [2.05, 4.69) is 19.9 Å².